The third-order valence-corrected chi connectivity index (χ3v) is 9.31. The zero-order chi connectivity index (χ0) is 11.3. The maximum absolute atomic E-state index is 11.8. The number of nitrogens with one attached hydrogen (secondary N) is 1. The Kier molecular flexibility index (Phi) is 5.34. The van der Waals surface area contributed by atoms with Crippen molar-refractivity contribution in [1.29, 1.82) is 0 Å². The molecular weight excluding hydrogens is 236 g/mol. The highest BCUT2D eigenvalue weighted by atomic mass is 33.2. The zero-order valence-electron chi connectivity index (χ0n) is 9.02. The van der Waals surface area contributed by atoms with Crippen molar-refractivity contribution in [3.63, 3.8) is 0 Å². The van der Waals surface area contributed by atoms with E-state index in [0.29, 0.717) is 5.75 Å². The number of thiol groups is 1. The Morgan fingerprint density at radius 3 is 2.47 bits per heavy atom. The maximum atomic E-state index is 11.8. The Hall–Kier alpha value is 0.180. The van der Waals surface area contributed by atoms with E-state index >= 15 is 0 Å². The van der Waals surface area contributed by atoms with Crippen LogP contribution < -0.4 is 5.32 Å². The van der Waals surface area contributed by atoms with Gasteiger partial charge in [-0.15, -0.1) is 0 Å². The van der Waals surface area contributed by atoms with Crippen LogP contribution in [-0.4, -0.2) is 62.1 Å². The van der Waals surface area contributed by atoms with Crippen LogP contribution in [0.1, 0.15) is 6.92 Å². The van der Waals surface area contributed by atoms with E-state index in [0.717, 1.165) is 26.2 Å². The van der Waals surface area contributed by atoms with Gasteiger partial charge in [0.1, 0.15) is 0 Å². The van der Waals surface area contributed by atoms with Gasteiger partial charge in [-0.05, 0) is 0 Å². The molecule has 15 heavy (non-hydrogen) atoms. The molecule has 1 atom stereocenters. The van der Waals surface area contributed by atoms with Crippen molar-refractivity contribution in [2.24, 2.45) is 0 Å². The Labute approximate surface area is 93.6 Å². The zero-order valence-corrected chi connectivity index (χ0v) is 10.7. The summed E-state index contributed by atoms with van der Waals surface area (Å²) in [5.41, 5.74) is 0. The SMILES string of the molecule is CCS(=O)(=O)[SH](CCO)N1CCNCC1. The van der Waals surface area contributed by atoms with Gasteiger partial charge in [0, 0.05) is 31.9 Å². The Balaban J connectivity index is 2.72. The normalized spacial score (nSPS) is 22.7. The molecule has 1 saturated heterocycles. The Bertz CT molecular complexity index is 276. The van der Waals surface area contributed by atoms with Crippen LogP contribution in [0.5, 0.6) is 0 Å². The van der Waals surface area contributed by atoms with E-state index in [2.05, 4.69) is 5.32 Å². The van der Waals surface area contributed by atoms with Gasteiger partial charge in [-0.2, -0.15) is 0 Å². The summed E-state index contributed by atoms with van der Waals surface area (Å²) >= 11 is 0. The van der Waals surface area contributed by atoms with E-state index in [1.165, 1.54) is 0 Å². The molecule has 0 saturated carbocycles. The van der Waals surface area contributed by atoms with Crippen LogP contribution in [-0.2, 0) is 8.87 Å². The first-order valence-electron chi connectivity index (χ1n) is 5.18. The summed E-state index contributed by atoms with van der Waals surface area (Å²) in [6.45, 7) is 4.84. The van der Waals surface area contributed by atoms with E-state index < -0.39 is 19.0 Å². The lowest BCUT2D eigenvalue weighted by Gasteiger charge is -2.36. The van der Waals surface area contributed by atoms with E-state index in [1.54, 1.807) is 6.92 Å². The summed E-state index contributed by atoms with van der Waals surface area (Å²) in [5, 5.41) is 12.1. The van der Waals surface area contributed by atoms with Crippen molar-refractivity contribution in [2.45, 2.75) is 6.92 Å². The minimum atomic E-state index is -3.02. The lowest BCUT2D eigenvalue weighted by Crippen LogP contribution is -2.43. The first-order chi connectivity index (χ1) is 7.11. The Morgan fingerprint density at radius 2 is 2.00 bits per heavy atom. The first-order valence-corrected chi connectivity index (χ1v) is 8.92. The third kappa shape index (κ3) is 3.60. The smallest absolute Gasteiger partial charge is 0.193 e. The number of rotatable bonds is 5. The van der Waals surface area contributed by atoms with Crippen LogP contribution in [0.15, 0.2) is 0 Å². The van der Waals surface area contributed by atoms with Gasteiger partial charge < -0.3 is 10.4 Å². The highest BCUT2D eigenvalue weighted by Crippen LogP contribution is 2.37. The quantitative estimate of drug-likeness (QED) is 0.441. The predicted octanol–water partition coefficient (Wildman–Crippen LogP) is -0.850. The summed E-state index contributed by atoms with van der Waals surface area (Å²) in [6, 6.07) is 0. The van der Waals surface area contributed by atoms with Crippen molar-refractivity contribution in [3.8, 4) is 0 Å². The number of aliphatic hydroxyl groups is 1. The van der Waals surface area contributed by atoms with E-state index in [-0.39, 0.29) is 12.4 Å². The van der Waals surface area contributed by atoms with Gasteiger partial charge in [0.25, 0.3) is 0 Å². The van der Waals surface area contributed by atoms with Crippen LogP contribution in [0.25, 0.3) is 0 Å². The predicted molar refractivity (Wildman–Crippen MR) is 64.8 cm³/mol. The molecule has 92 valence electrons. The molecule has 0 radical (unpaired) electrons. The van der Waals surface area contributed by atoms with Crippen molar-refractivity contribution < 1.29 is 13.5 Å². The van der Waals surface area contributed by atoms with Crippen molar-refractivity contribution >= 4 is 19.0 Å². The minimum Gasteiger partial charge on any atom is -0.396 e. The van der Waals surface area contributed by atoms with Gasteiger partial charge >= 0.3 is 0 Å². The molecule has 0 aromatic rings. The molecule has 1 aliphatic rings. The molecule has 5 nitrogen and oxygen atoms in total. The van der Waals surface area contributed by atoms with Gasteiger partial charge in [-0.3, -0.25) is 4.31 Å². The molecule has 0 aromatic carbocycles. The van der Waals surface area contributed by atoms with Crippen LogP contribution in [0.4, 0.5) is 0 Å². The van der Waals surface area contributed by atoms with Crippen molar-refractivity contribution in [2.75, 3.05) is 44.3 Å². The van der Waals surface area contributed by atoms with Crippen molar-refractivity contribution in [3.05, 3.63) is 0 Å². The third-order valence-electron chi connectivity index (χ3n) is 2.39. The van der Waals surface area contributed by atoms with Crippen LogP contribution in [0.3, 0.4) is 0 Å². The first kappa shape index (κ1) is 13.2. The second-order valence-corrected chi connectivity index (χ2v) is 9.77. The van der Waals surface area contributed by atoms with Gasteiger partial charge in [0.15, 0.2) is 8.87 Å². The summed E-state index contributed by atoms with van der Waals surface area (Å²) in [6.07, 6.45) is 0. The van der Waals surface area contributed by atoms with Gasteiger partial charge in [-0.25, -0.2) is 8.42 Å². The molecule has 1 rings (SSSR count). The molecule has 1 fully saturated rings. The summed E-state index contributed by atoms with van der Waals surface area (Å²) in [4.78, 5) is 0. The van der Waals surface area contributed by atoms with E-state index in [1.807, 2.05) is 4.31 Å². The van der Waals surface area contributed by atoms with Crippen LogP contribution in [0.2, 0.25) is 0 Å². The van der Waals surface area contributed by atoms with Crippen molar-refractivity contribution in [1.82, 2.24) is 9.62 Å². The second-order valence-electron chi connectivity index (χ2n) is 3.37. The number of hydrogen-bond donors (Lipinski definition) is 3. The minimum absolute atomic E-state index is 0.0468. The standard InChI is InChI=1S/C8H20N2O3S2/c1-2-15(12,13)14(8-7-11)10-5-3-9-4-6-10/h9,11,14H,2-8H2,1H3. The lowest BCUT2D eigenvalue weighted by atomic mass is 10.4. The van der Waals surface area contributed by atoms with Gasteiger partial charge in [0.05, 0.1) is 12.4 Å². The fourth-order valence-corrected chi connectivity index (χ4v) is 7.11. The summed E-state index contributed by atoms with van der Waals surface area (Å²) < 4.78 is 25.7. The number of hydrogen-bond acceptors (Lipinski definition) is 5. The molecule has 0 spiro atoms. The number of piperazine rings is 1. The average molecular weight is 256 g/mol. The lowest BCUT2D eigenvalue weighted by molar-refractivity contribution is 0.319. The van der Waals surface area contributed by atoms with Crippen LogP contribution in [0, 0.1) is 0 Å². The molecule has 0 aromatic heterocycles. The Morgan fingerprint density at radius 1 is 1.40 bits per heavy atom. The second kappa shape index (κ2) is 6.05. The molecule has 0 amide bonds. The molecule has 1 aliphatic heterocycles. The van der Waals surface area contributed by atoms with E-state index in [4.69, 9.17) is 5.11 Å². The molecule has 7 heteroatoms. The molecule has 1 unspecified atom stereocenters. The molecule has 1 heterocycles. The van der Waals surface area contributed by atoms with E-state index in [9.17, 15) is 8.42 Å². The molecular formula is C8H20N2O3S2. The summed E-state index contributed by atoms with van der Waals surface area (Å²) in [5.74, 6) is 0.550. The number of nitrogens with zero attached hydrogens (tertiary/aromatic N) is 1. The number of aliphatic hydroxyl groups excluding tert-OH is 1. The fourth-order valence-electron chi connectivity index (χ4n) is 1.57. The molecule has 2 N–H and O–H groups in total. The largest absolute Gasteiger partial charge is 0.396 e. The van der Waals surface area contributed by atoms with Crippen LogP contribution >= 0.6 is 10.1 Å². The highest BCUT2D eigenvalue weighted by Gasteiger charge is 2.26. The average Bonchev–Trinajstić information content (AvgIpc) is 2.27. The highest BCUT2D eigenvalue weighted by molar-refractivity contribution is 8.80. The fraction of sp³-hybridized carbons (Fsp3) is 1.00. The molecule has 0 bridgehead atoms. The molecule has 0 aliphatic carbocycles. The summed E-state index contributed by atoms with van der Waals surface area (Å²) in [7, 11) is -4.23. The monoisotopic (exact) mass is 256 g/mol. The van der Waals surface area contributed by atoms with Gasteiger partial charge in [-0.1, -0.05) is 17.0 Å². The van der Waals surface area contributed by atoms with Gasteiger partial charge in [0.2, 0.25) is 0 Å². The topological polar surface area (TPSA) is 69.6 Å². The maximum Gasteiger partial charge on any atom is 0.193 e.